The zero-order valence-electron chi connectivity index (χ0n) is 43.4. The van der Waals surface area contributed by atoms with Gasteiger partial charge in [-0.1, -0.05) is 149 Å². The van der Waals surface area contributed by atoms with E-state index in [9.17, 15) is 24.0 Å². The van der Waals surface area contributed by atoms with Crippen LogP contribution < -0.4 is 27.4 Å². The van der Waals surface area contributed by atoms with Crippen LogP contribution >= 0.6 is 11.8 Å². The van der Waals surface area contributed by atoms with Crippen molar-refractivity contribution in [3.63, 3.8) is 0 Å². The van der Waals surface area contributed by atoms with Gasteiger partial charge in [0.2, 0.25) is 24.1 Å². The molecule has 1 aliphatic heterocycles. The van der Waals surface area contributed by atoms with E-state index < -0.39 is 52.3 Å². The average molecular weight is 942 g/mol. The molecule has 1 fully saturated rings. The van der Waals surface area contributed by atoms with E-state index >= 15 is 0 Å². The van der Waals surface area contributed by atoms with Crippen LogP contribution in [0, 0.1) is 12.8 Å². The number of Topliss-reactive ketones (excluding diaryl/α,β-unsaturated/α-hetero) is 1. The number of primary amides is 1. The van der Waals surface area contributed by atoms with Crippen molar-refractivity contribution in [3.8, 4) is 12.8 Å². The number of rotatable bonds is 19. The number of thioether (sulfide) groups is 1. The zero-order valence-corrected chi connectivity index (χ0v) is 44.3. The molecule has 4 amide bonds. The van der Waals surface area contributed by atoms with Gasteiger partial charge in [-0.15, -0.1) is 12.8 Å². The normalized spacial score (nSPS) is 15.7. The molecule has 376 valence electrons. The minimum atomic E-state index is -1.02. The number of nitrogens with two attached hydrogens (primary N) is 2. The molecule has 1 saturated heterocycles. The number of aldehydes is 1. The molecule has 13 nitrogen and oxygen atoms in total. The molecule has 0 aromatic heterocycles. The summed E-state index contributed by atoms with van der Waals surface area (Å²) in [4.78, 5) is 78.2. The van der Waals surface area contributed by atoms with Gasteiger partial charge in [-0.2, -0.15) is 11.8 Å². The minimum absolute atomic E-state index is 0.0692. The van der Waals surface area contributed by atoms with Crippen LogP contribution in [0.15, 0.2) is 72.9 Å². The monoisotopic (exact) mass is 942 g/mol. The number of likely N-dealkylation sites (tertiary alicyclic amines) is 1. The van der Waals surface area contributed by atoms with Crippen LogP contribution in [0.3, 0.4) is 0 Å². The van der Waals surface area contributed by atoms with Gasteiger partial charge in [-0.05, 0) is 71.1 Å². The Hall–Kier alpha value is -4.97. The van der Waals surface area contributed by atoms with Gasteiger partial charge >= 0.3 is 0 Å². The highest BCUT2D eigenvalue weighted by molar-refractivity contribution is 8.00. The average Bonchev–Trinajstić information content (AvgIpc) is 3.69. The van der Waals surface area contributed by atoms with Crippen molar-refractivity contribution in [2.45, 2.75) is 150 Å². The third-order valence-electron chi connectivity index (χ3n) is 8.79. The summed E-state index contributed by atoms with van der Waals surface area (Å²) in [5.74, 6) is -1.69. The van der Waals surface area contributed by atoms with Crippen molar-refractivity contribution in [2.24, 2.45) is 11.5 Å². The number of hydrogen-bond acceptors (Lipinski definition) is 10. The maximum absolute atomic E-state index is 14.0. The van der Waals surface area contributed by atoms with Crippen LogP contribution in [0.25, 0.3) is 0 Å². The van der Waals surface area contributed by atoms with Gasteiger partial charge in [0, 0.05) is 24.4 Å². The number of benzene rings is 2. The molecule has 2 aromatic carbocycles. The lowest BCUT2D eigenvalue weighted by Crippen LogP contribution is -2.57. The van der Waals surface area contributed by atoms with Crippen molar-refractivity contribution < 1.29 is 28.8 Å². The highest BCUT2D eigenvalue weighted by Crippen LogP contribution is 2.39. The van der Waals surface area contributed by atoms with E-state index in [1.807, 2.05) is 142 Å². The first-order chi connectivity index (χ1) is 31.5. The number of hydrogen-bond donors (Lipinski definition) is 5. The van der Waals surface area contributed by atoms with Crippen LogP contribution in [0.4, 0.5) is 0 Å². The molecule has 1 heterocycles. The van der Waals surface area contributed by atoms with Gasteiger partial charge in [-0.25, -0.2) is 0 Å². The summed E-state index contributed by atoms with van der Waals surface area (Å²) in [5.41, 5.74) is 11.9. The lowest BCUT2D eigenvalue weighted by molar-refractivity contribution is -0.141. The third-order valence-corrected chi connectivity index (χ3v) is 10.3. The van der Waals surface area contributed by atoms with Crippen LogP contribution in [0.5, 0.6) is 0 Å². The molecule has 3 rings (SSSR count). The van der Waals surface area contributed by atoms with Crippen LogP contribution in [-0.2, 0) is 28.8 Å². The van der Waals surface area contributed by atoms with E-state index in [1.54, 1.807) is 18.7 Å². The Labute approximate surface area is 405 Å². The molecule has 7 N–H and O–H groups in total. The summed E-state index contributed by atoms with van der Waals surface area (Å²) < 4.78 is -0.411. The lowest BCUT2D eigenvalue weighted by Gasteiger charge is -2.30. The molecule has 0 aliphatic carbocycles. The highest BCUT2D eigenvalue weighted by atomic mass is 32.2. The molecule has 0 saturated carbocycles. The summed E-state index contributed by atoms with van der Waals surface area (Å²) >= 11 is 1.72. The maximum atomic E-state index is 14.0. The molecule has 14 heteroatoms. The third kappa shape index (κ3) is 29.5. The van der Waals surface area contributed by atoms with Crippen molar-refractivity contribution in [3.05, 3.63) is 84.1 Å². The number of unbranched alkanes of at least 4 members (excludes halogenated alkanes) is 1. The molecule has 0 spiro atoms. The highest BCUT2D eigenvalue weighted by Gasteiger charge is 2.48. The number of nitrogens with one attached hydrogen (secondary N) is 3. The number of ketones is 1. The van der Waals surface area contributed by atoms with Crippen molar-refractivity contribution >= 4 is 48.0 Å². The largest absolute Gasteiger partial charge is 0.382 e. The predicted octanol–water partition coefficient (Wildman–Crippen LogP) is 7.70. The Morgan fingerprint density at radius 1 is 0.894 bits per heavy atom. The molecule has 2 aromatic rings. The molecule has 6 atom stereocenters. The first kappa shape index (κ1) is 70.1. The van der Waals surface area contributed by atoms with Crippen molar-refractivity contribution in [1.82, 2.24) is 25.8 Å². The van der Waals surface area contributed by atoms with Gasteiger partial charge in [0.1, 0.15) is 18.4 Å². The zero-order chi connectivity index (χ0) is 52.3. The molecule has 0 radical (unpaired) electrons. The second-order valence-corrected chi connectivity index (χ2v) is 16.5. The van der Waals surface area contributed by atoms with Crippen molar-refractivity contribution in [1.29, 1.82) is 0 Å². The quantitative estimate of drug-likeness (QED) is 0.0403. The van der Waals surface area contributed by atoms with Gasteiger partial charge in [0.05, 0.1) is 23.6 Å². The lowest BCUT2D eigenvalue weighted by atomic mass is 9.95. The molecule has 5 unspecified atom stereocenters. The van der Waals surface area contributed by atoms with Gasteiger partial charge in [0.25, 0.3) is 0 Å². The van der Waals surface area contributed by atoms with Crippen LogP contribution in [0.2, 0.25) is 0 Å². The molecule has 1 aliphatic rings. The second kappa shape index (κ2) is 45.2. The van der Waals surface area contributed by atoms with Crippen LogP contribution in [-0.4, -0.2) is 115 Å². The summed E-state index contributed by atoms with van der Waals surface area (Å²) in [5, 5.41) is 8.59. The van der Waals surface area contributed by atoms with Gasteiger partial charge in [0.15, 0.2) is 5.78 Å². The molecule has 0 bridgehead atoms. The first-order valence-electron chi connectivity index (χ1n) is 23.4. The maximum Gasteiger partial charge on any atom is 0.247 e. The Bertz CT molecular complexity index is 1580. The van der Waals surface area contributed by atoms with E-state index in [0.29, 0.717) is 19.4 Å². The number of terminal acetylenes is 1. The molecule has 66 heavy (non-hydrogen) atoms. The summed E-state index contributed by atoms with van der Waals surface area (Å²) in [6.07, 6.45) is 13.3. The van der Waals surface area contributed by atoms with E-state index in [0.717, 1.165) is 36.0 Å². The number of nitrogens with zero attached hydrogens (tertiary/aromatic N) is 2. The van der Waals surface area contributed by atoms with E-state index in [1.165, 1.54) is 11.3 Å². The summed E-state index contributed by atoms with van der Waals surface area (Å²) in [6.45, 7) is 28.1. The Morgan fingerprint density at radius 3 is 1.76 bits per heavy atom. The van der Waals surface area contributed by atoms with Gasteiger partial charge < -0.3 is 42.0 Å². The van der Waals surface area contributed by atoms with Crippen LogP contribution in [0.1, 0.15) is 138 Å². The standard InChI is InChI=1S/C37H51N5O5S.C3H9N.C3H8.3C2H6.C2H2.CH3NO/c1-6-8-19-48-37(5)20-32(35(46)40-26(4)33(44)25(3)39-22-29(23-43)27-15-11-9-12-16-27)42(24-37)36(47)31(21-38)41-34(45)30(7-2)28-17-13-10-14-18-28;1-4(2)3;1-3-2;4*1-2;2-1-3/h9-18,23,26,29-32,39H,3,6-8,19-22,24,38H2,1-2,4-5H3,(H,40,46)(H,41,45);1-3H3;3H2,1-2H3;3*1-2H3;1-2H;1H,(H2,2,3)/t26?,29?,30-,31?,32?,37?;;;;;;;/m0......./s1. The fourth-order valence-corrected chi connectivity index (χ4v) is 7.37. The molecular formula is C52H91N7O6S. The Kier molecular flexibility index (Phi) is 48.0. The summed E-state index contributed by atoms with van der Waals surface area (Å²) in [6, 6.07) is 15.7. The minimum Gasteiger partial charge on any atom is -0.382 e. The second-order valence-electron chi connectivity index (χ2n) is 14.8. The molecular weight excluding hydrogens is 851 g/mol. The van der Waals surface area contributed by atoms with E-state index in [4.69, 9.17) is 10.5 Å². The van der Waals surface area contributed by atoms with Crippen molar-refractivity contribution in [2.75, 3.05) is 46.5 Å². The number of carbonyl (C=O) groups is 6. The topological polar surface area (TPSA) is 197 Å². The fourth-order valence-electron chi connectivity index (χ4n) is 5.94. The predicted molar refractivity (Wildman–Crippen MR) is 281 cm³/mol. The SMILES string of the molecule is C#C.C=C(NCC(C=O)c1ccccc1)C(=O)C(C)NC(=O)C1CC(C)(SCCCC)CN1C(=O)C(CN)NC(=O)[C@@H](CC)c1ccccc1.CC.CC.CC.CCC.CN(C)C.NC=O. The Balaban J connectivity index is -0.000000600. The summed E-state index contributed by atoms with van der Waals surface area (Å²) in [7, 11) is 6.00. The van der Waals surface area contributed by atoms with Gasteiger partial charge in [-0.3, -0.25) is 24.0 Å². The number of carbonyl (C=O) groups excluding carboxylic acids is 6. The van der Waals surface area contributed by atoms with E-state index in [2.05, 4.69) is 61.9 Å². The number of amides is 4. The Morgan fingerprint density at radius 2 is 1.35 bits per heavy atom. The van der Waals surface area contributed by atoms with E-state index in [-0.39, 0.29) is 31.1 Å². The first-order valence-corrected chi connectivity index (χ1v) is 24.4. The fraction of sp³-hybridized carbons (Fsp3) is 0.577. The smallest absolute Gasteiger partial charge is 0.247 e.